The summed E-state index contributed by atoms with van der Waals surface area (Å²) in [7, 11) is 0. The van der Waals surface area contributed by atoms with Gasteiger partial charge in [-0.2, -0.15) is 13.2 Å². The van der Waals surface area contributed by atoms with Gasteiger partial charge in [-0.3, -0.25) is 0 Å². The van der Waals surface area contributed by atoms with Crippen molar-refractivity contribution >= 4 is 11.7 Å². The number of alkyl halides is 3. The lowest BCUT2D eigenvalue weighted by Gasteiger charge is -2.35. The van der Waals surface area contributed by atoms with Crippen LogP contribution in [0.2, 0.25) is 0 Å². The maximum atomic E-state index is 12.4. The Hall–Kier alpha value is -1.80. The molecule has 1 saturated heterocycles. The summed E-state index contributed by atoms with van der Waals surface area (Å²) in [5, 5.41) is 14.8. The molecule has 1 aliphatic heterocycles. The van der Waals surface area contributed by atoms with E-state index in [2.05, 4.69) is 10.6 Å². The first-order chi connectivity index (χ1) is 9.91. The maximum Gasteiger partial charge on any atom is 0.416 e. The van der Waals surface area contributed by atoms with Gasteiger partial charge in [-0.05, 0) is 24.3 Å². The van der Waals surface area contributed by atoms with Crippen LogP contribution in [0.4, 0.5) is 23.7 Å². The van der Waals surface area contributed by atoms with Crippen LogP contribution in [0, 0.1) is 0 Å². The highest BCUT2D eigenvalue weighted by molar-refractivity contribution is 5.89. The molecule has 1 fully saturated rings. The van der Waals surface area contributed by atoms with Crippen molar-refractivity contribution in [2.45, 2.75) is 12.2 Å². The van der Waals surface area contributed by atoms with E-state index < -0.39 is 17.8 Å². The zero-order valence-electron chi connectivity index (χ0n) is 11.2. The Morgan fingerprint density at radius 1 is 1.38 bits per heavy atom. The molecule has 1 aliphatic rings. The van der Waals surface area contributed by atoms with Crippen molar-refractivity contribution in [3.63, 3.8) is 0 Å². The summed E-state index contributed by atoms with van der Waals surface area (Å²) in [4.78, 5) is 13.5. The van der Waals surface area contributed by atoms with Crippen LogP contribution in [0.3, 0.4) is 0 Å². The average Bonchev–Trinajstić information content (AvgIpc) is 2.46. The predicted molar refractivity (Wildman–Crippen MR) is 70.9 cm³/mol. The molecule has 1 atom stereocenters. The fourth-order valence-electron chi connectivity index (χ4n) is 2.13. The monoisotopic (exact) mass is 303 g/mol. The van der Waals surface area contributed by atoms with Crippen molar-refractivity contribution in [2.75, 3.05) is 31.6 Å². The van der Waals surface area contributed by atoms with Gasteiger partial charge < -0.3 is 20.6 Å². The summed E-state index contributed by atoms with van der Waals surface area (Å²) in [6.07, 6.45) is -4.40. The second-order valence-electron chi connectivity index (χ2n) is 4.74. The minimum absolute atomic E-state index is 0.173. The Bertz CT molecular complexity index is 490. The van der Waals surface area contributed by atoms with Gasteiger partial charge in [0.25, 0.3) is 0 Å². The molecule has 3 N–H and O–H groups in total. The van der Waals surface area contributed by atoms with E-state index in [9.17, 15) is 23.1 Å². The molecule has 2 amide bonds. The zero-order valence-corrected chi connectivity index (χ0v) is 11.2. The van der Waals surface area contributed by atoms with Crippen LogP contribution in [0.5, 0.6) is 0 Å². The van der Waals surface area contributed by atoms with E-state index in [0.717, 1.165) is 12.1 Å². The number of hydrogen-bond donors (Lipinski definition) is 3. The molecule has 0 unspecified atom stereocenters. The van der Waals surface area contributed by atoms with Gasteiger partial charge in [-0.1, -0.05) is 0 Å². The molecular formula is C13H16F3N3O2. The maximum absolute atomic E-state index is 12.4. The first kappa shape index (κ1) is 15.6. The molecule has 0 radical (unpaired) electrons. The van der Waals surface area contributed by atoms with Crippen molar-refractivity contribution in [3.05, 3.63) is 29.8 Å². The standard InChI is InChI=1S/C13H16F3N3O2/c14-13(15,16)9-1-3-10(4-2-9)18-12(21)19-6-5-17-7-11(19)8-20/h1-4,11,17,20H,5-8H2,(H,18,21)/t11-/m1/s1. The second kappa shape index (κ2) is 6.31. The fraction of sp³-hybridized carbons (Fsp3) is 0.462. The van der Waals surface area contributed by atoms with Crippen LogP contribution in [0.15, 0.2) is 24.3 Å². The molecule has 0 aliphatic carbocycles. The SMILES string of the molecule is O=C(Nc1ccc(C(F)(F)F)cc1)N1CCNC[C@@H]1CO. The van der Waals surface area contributed by atoms with Crippen molar-refractivity contribution < 1.29 is 23.1 Å². The Morgan fingerprint density at radius 2 is 2.05 bits per heavy atom. The minimum Gasteiger partial charge on any atom is -0.394 e. The number of anilines is 1. The van der Waals surface area contributed by atoms with Gasteiger partial charge in [0.1, 0.15) is 0 Å². The number of piperazine rings is 1. The van der Waals surface area contributed by atoms with Crippen LogP contribution in [-0.4, -0.2) is 48.3 Å². The van der Waals surface area contributed by atoms with Crippen LogP contribution in [-0.2, 0) is 6.18 Å². The van der Waals surface area contributed by atoms with E-state index in [1.165, 1.54) is 17.0 Å². The normalized spacial score (nSPS) is 19.4. The van der Waals surface area contributed by atoms with Crippen molar-refractivity contribution in [2.24, 2.45) is 0 Å². The lowest BCUT2D eigenvalue weighted by molar-refractivity contribution is -0.137. The van der Waals surface area contributed by atoms with E-state index in [-0.39, 0.29) is 18.3 Å². The summed E-state index contributed by atoms with van der Waals surface area (Å²) >= 11 is 0. The molecule has 0 saturated carbocycles. The summed E-state index contributed by atoms with van der Waals surface area (Å²) < 4.78 is 37.3. The summed E-state index contributed by atoms with van der Waals surface area (Å²) in [6.45, 7) is 1.35. The molecule has 2 rings (SSSR count). The number of urea groups is 1. The molecule has 0 aromatic heterocycles. The number of nitrogens with zero attached hydrogens (tertiary/aromatic N) is 1. The third-order valence-electron chi connectivity index (χ3n) is 3.29. The topological polar surface area (TPSA) is 64.6 Å². The Kier molecular flexibility index (Phi) is 4.69. The van der Waals surface area contributed by atoms with E-state index in [4.69, 9.17) is 0 Å². The van der Waals surface area contributed by atoms with Gasteiger partial charge in [0, 0.05) is 25.3 Å². The Labute approximate surface area is 119 Å². The number of benzene rings is 1. The molecule has 1 aromatic carbocycles. The van der Waals surface area contributed by atoms with Gasteiger partial charge in [0.2, 0.25) is 0 Å². The lowest BCUT2D eigenvalue weighted by atomic mass is 10.2. The molecule has 116 valence electrons. The highest BCUT2D eigenvalue weighted by atomic mass is 19.4. The molecule has 1 heterocycles. The third kappa shape index (κ3) is 3.85. The summed E-state index contributed by atoms with van der Waals surface area (Å²) in [5.41, 5.74) is -0.487. The molecule has 8 heteroatoms. The van der Waals surface area contributed by atoms with Crippen molar-refractivity contribution in [1.29, 1.82) is 0 Å². The van der Waals surface area contributed by atoms with Gasteiger partial charge in [-0.25, -0.2) is 4.79 Å². The number of rotatable bonds is 2. The first-order valence-corrected chi connectivity index (χ1v) is 6.48. The number of carbonyl (C=O) groups excluding carboxylic acids is 1. The fourth-order valence-corrected chi connectivity index (χ4v) is 2.13. The number of carbonyl (C=O) groups is 1. The van der Waals surface area contributed by atoms with Gasteiger partial charge in [-0.15, -0.1) is 0 Å². The molecule has 5 nitrogen and oxygen atoms in total. The summed E-state index contributed by atoms with van der Waals surface area (Å²) in [5.74, 6) is 0. The van der Waals surface area contributed by atoms with Crippen molar-refractivity contribution in [1.82, 2.24) is 10.2 Å². The number of aliphatic hydroxyl groups excluding tert-OH is 1. The van der Waals surface area contributed by atoms with E-state index in [1.54, 1.807) is 0 Å². The van der Waals surface area contributed by atoms with Gasteiger partial charge >= 0.3 is 12.2 Å². The van der Waals surface area contributed by atoms with Crippen LogP contribution in [0.1, 0.15) is 5.56 Å². The Balaban J connectivity index is 2.02. The smallest absolute Gasteiger partial charge is 0.394 e. The molecule has 0 spiro atoms. The molecular weight excluding hydrogens is 287 g/mol. The highest BCUT2D eigenvalue weighted by Crippen LogP contribution is 2.29. The van der Waals surface area contributed by atoms with Crippen molar-refractivity contribution in [3.8, 4) is 0 Å². The average molecular weight is 303 g/mol. The largest absolute Gasteiger partial charge is 0.416 e. The summed E-state index contributed by atoms with van der Waals surface area (Å²) in [6, 6.07) is 3.46. The molecule has 1 aromatic rings. The number of aliphatic hydroxyl groups is 1. The van der Waals surface area contributed by atoms with Crippen LogP contribution >= 0.6 is 0 Å². The first-order valence-electron chi connectivity index (χ1n) is 6.48. The lowest BCUT2D eigenvalue weighted by Crippen LogP contribution is -2.56. The van der Waals surface area contributed by atoms with E-state index in [1.807, 2.05) is 0 Å². The number of nitrogens with one attached hydrogen (secondary N) is 2. The number of halogens is 3. The second-order valence-corrected chi connectivity index (χ2v) is 4.74. The quantitative estimate of drug-likeness (QED) is 0.776. The molecule has 0 bridgehead atoms. The molecule has 21 heavy (non-hydrogen) atoms. The van der Waals surface area contributed by atoms with Gasteiger partial charge in [0.15, 0.2) is 0 Å². The van der Waals surface area contributed by atoms with E-state index in [0.29, 0.717) is 19.6 Å². The van der Waals surface area contributed by atoms with Crippen LogP contribution in [0.25, 0.3) is 0 Å². The van der Waals surface area contributed by atoms with E-state index >= 15 is 0 Å². The highest BCUT2D eigenvalue weighted by Gasteiger charge is 2.30. The number of amides is 2. The van der Waals surface area contributed by atoms with Crippen LogP contribution < -0.4 is 10.6 Å². The van der Waals surface area contributed by atoms with Gasteiger partial charge in [0.05, 0.1) is 18.2 Å². The number of hydrogen-bond acceptors (Lipinski definition) is 3. The Morgan fingerprint density at radius 3 is 2.62 bits per heavy atom. The zero-order chi connectivity index (χ0) is 15.5. The minimum atomic E-state index is -4.40. The predicted octanol–water partition coefficient (Wildman–Crippen LogP) is 1.50. The third-order valence-corrected chi connectivity index (χ3v) is 3.29.